The SMILES string of the molecule is CCC[C@H]1COCCN1C(=O)c1ccc(-c2ccc(OC(F)F)cc2)cc1. The molecule has 1 heterocycles. The van der Waals surface area contributed by atoms with Crippen LogP contribution in [-0.2, 0) is 4.74 Å². The molecule has 0 bridgehead atoms. The van der Waals surface area contributed by atoms with Crippen LogP contribution in [0.3, 0.4) is 0 Å². The number of halogens is 2. The fraction of sp³-hybridized carbons (Fsp3) is 0.381. The number of morpholine rings is 1. The lowest BCUT2D eigenvalue weighted by atomic mass is 10.0. The van der Waals surface area contributed by atoms with Gasteiger partial charge >= 0.3 is 6.61 Å². The first kappa shape index (κ1) is 19.3. The average Bonchev–Trinajstić information content (AvgIpc) is 2.68. The molecule has 0 saturated carbocycles. The van der Waals surface area contributed by atoms with Crippen molar-refractivity contribution in [2.75, 3.05) is 19.8 Å². The van der Waals surface area contributed by atoms with Crippen LogP contribution in [0.2, 0.25) is 0 Å². The predicted octanol–water partition coefficient (Wildman–Crippen LogP) is 4.60. The van der Waals surface area contributed by atoms with Gasteiger partial charge < -0.3 is 14.4 Å². The highest BCUT2D eigenvalue weighted by atomic mass is 19.3. The largest absolute Gasteiger partial charge is 0.435 e. The number of ether oxygens (including phenoxy) is 2. The van der Waals surface area contributed by atoms with E-state index in [4.69, 9.17) is 4.74 Å². The van der Waals surface area contributed by atoms with Crippen LogP contribution in [0.1, 0.15) is 30.1 Å². The van der Waals surface area contributed by atoms with Crippen LogP contribution >= 0.6 is 0 Å². The first-order valence-corrected chi connectivity index (χ1v) is 9.12. The molecule has 6 heteroatoms. The van der Waals surface area contributed by atoms with Crippen LogP contribution in [0.5, 0.6) is 5.75 Å². The summed E-state index contributed by atoms with van der Waals surface area (Å²) in [5, 5.41) is 0. The number of rotatable bonds is 6. The molecule has 1 aliphatic heterocycles. The van der Waals surface area contributed by atoms with Gasteiger partial charge in [0, 0.05) is 12.1 Å². The van der Waals surface area contributed by atoms with Crippen LogP contribution in [0.4, 0.5) is 8.78 Å². The maximum Gasteiger partial charge on any atom is 0.387 e. The molecule has 2 aromatic carbocycles. The van der Waals surface area contributed by atoms with Crippen LogP contribution in [0, 0.1) is 0 Å². The zero-order chi connectivity index (χ0) is 19.2. The van der Waals surface area contributed by atoms with E-state index >= 15 is 0 Å². The molecule has 144 valence electrons. The Hall–Kier alpha value is -2.47. The molecule has 0 aliphatic carbocycles. The van der Waals surface area contributed by atoms with E-state index in [-0.39, 0.29) is 17.7 Å². The maximum atomic E-state index is 12.9. The van der Waals surface area contributed by atoms with Gasteiger partial charge in [0.2, 0.25) is 0 Å². The smallest absolute Gasteiger partial charge is 0.387 e. The first-order chi connectivity index (χ1) is 13.1. The summed E-state index contributed by atoms with van der Waals surface area (Å²) in [5.41, 5.74) is 2.41. The third-order valence-corrected chi connectivity index (χ3v) is 4.65. The molecule has 1 aliphatic rings. The van der Waals surface area contributed by atoms with Gasteiger partial charge in [-0.2, -0.15) is 8.78 Å². The fourth-order valence-corrected chi connectivity index (χ4v) is 3.29. The standard InChI is InChI=1S/C21H23F2NO3/c1-2-3-18-14-26-13-12-24(18)20(25)17-6-4-15(5-7-17)16-8-10-19(11-9-16)27-21(22)23/h4-11,18,21H,2-3,12-14H2,1H3/t18-/m0/s1. The monoisotopic (exact) mass is 375 g/mol. The van der Waals surface area contributed by atoms with Gasteiger partial charge in [0.15, 0.2) is 0 Å². The van der Waals surface area contributed by atoms with Gasteiger partial charge in [0.1, 0.15) is 5.75 Å². The quantitative estimate of drug-likeness (QED) is 0.741. The van der Waals surface area contributed by atoms with Crippen molar-refractivity contribution in [3.63, 3.8) is 0 Å². The molecule has 0 radical (unpaired) electrons. The lowest BCUT2D eigenvalue weighted by Crippen LogP contribution is -2.48. The van der Waals surface area contributed by atoms with Gasteiger partial charge in [-0.3, -0.25) is 4.79 Å². The Morgan fingerprint density at radius 2 is 1.78 bits per heavy atom. The Morgan fingerprint density at radius 3 is 2.37 bits per heavy atom. The van der Waals surface area contributed by atoms with E-state index in [1.165, 1.54) is 12.1 Å². The maximum absolute atomic E-state index is 12.9. The van der Waals surface area contributed by atoms with Crippen LogP contribution in [0.25, 0.3) is 11.1 Å². The highest BCUT2D eigenvalue weighted by Gasteiger charge is 2.27. The Labute approximate surface area is 157 Å². The van der Waals surface area contributed by atoms with E-state index in [9.17, 15) is 13.6 Å². The van der Waals surface area contributed by atoms with Gasteiger partial charge in [0.05, 0.1) is 19.3 Å². The number of nitrogens with zero attached hydrogens (tertiary/aromatic N) is 1. The molecule has 0 spiro atoms. The van der Waals surface area contributed by atoms with E-state index in [0.29, 0.717) is 25.3 Å². The van der Waals surface area contributed by atoms with Crippen molar-refractivity contribution in [3.05, 3.63) is 54.1 Å². The van der Waals surface area contributed by atoms with Gasteiger partial charge in [-0.25, -0.2) is 0 Å². The zero-order valence-electron chi connectivity index (χ0n) is 15.2. The number of amides is 1. The average molecular weight is 375 g/mol. The summed E-state index contributed by atoms with van der Waals surface area (Å²) >= 11 is 0. The van der Waals surface area contributed by atoms with Crippen LogP contribution < -0.4 is 4.74 Å². The predicted molar refractivity (Wildman–Crippen MR) is 99.1 cm³/mol. The molecule has 2 aromatic rings. The summed E-state index contributed by atoms with van der Waals surface area (Å²) in [6.07, 6.45) is 1.93. The summed E-state index contributed by atoms with van der Waals surface area (Å²) in [5.74, 6) is 0.138. The fourth-order valence-electron chi connectivity index (χ4n) is 3.29. The minimum atomic E-state index is -2.84. The highest BCUT2D eigenvalue weighted by Crippen LogP contribution is 2.24. The molecule has 0 unspecified atom stereocenters. The van der Waals surface area contributed by atoms with Crippen LogP contribution in [-0.4, -0.2) is 43.2 Å². The number of alkyl halides is 2. The summed E-state index contributed by atoms with van der Waals surface area (Å²) in [6.45, 7) is 1.03. The Kier molecular flexibility index (Phi) is 6.40. The molecule has 0 N–H and O–H groups in total. The second-order valence-electron chi connectivity index (χ2n) is 6.50. The molecule has 27 heavy (non-hydrogen) atoms. The van der Waals surface area contributed by atoms with Gasteiger partial charge in [0.25, 0.3) is 5.91 Å². The van der Waals surface area contributed by atoms with E-state index < -0.39 is 6.61 Å². The minimum Gasteiger partial charge on any atom is -0.435 e. The van der Waals surface area contributed by atoms with Crippen LogP contribution in [0.15, 0.2) is 48.5 Å². The topological polar surface area (TPSA) is 38.8 Å². The normalized spacial score (nSPS) is 17.2. The van der Waals surface area contributed by atoms with Gasteiger partial charge in [-0.15, -0.1) is 0 Å². The lowest BCUT2D eigenvalue weighted by Gasteiger charge is -2.35. The Bertz CT molecular complexity index is 745. The molecule has 0 aromatic heterocycles. The van der Waals surface area contributed by atoms with E-state index in [1.54, 1.807) is 24.3 Å². The molecular weight excluding hydrogens is 352 g/mol. The lowest BCUT2D eigenvalue weighted by molar-refractivity contribution is -0.0498. The van der Waals surface area contributed by atoms with E-state index in [0.717, 1.165) is 24.0 Å². The van der Waals surface area contributed by atoms with Gasteiger partial charge in [-0.05, 0) is 41.8 Å². The molecule has 1 fully saturated rings. The van der Waals surface area contributed by atoms with Crippen molar-refractivity contribution in [3.8, 4) is 16.9 Å². The minimum absolute atomic E-state index is 0.0176. The van der Waals surface area contributed by atoms with E-state index in [2.05, 4.69) is 11.7 Å². The second-order valence-corrected chi connectivity index (χ2v) is 6.50. The van der Waals surface area contributed by atoms with Crippen molar-refractivity contribution < 1.29 is 23.0 Å². The number of hydrogen-bond donors (Lipinski definition) is 0. The van der Waals surface area contributed by atoms with E-state index in [1.807, 2.05) is 17.0 Å². The second kappa shape index (κ2) is 8.95. The van der Waals surface area contributed by atoms with Crippen molar-refractivity contribution >= 4 is 5.91 Å². The van der Waals surface area contributed by atoms with Crippen molar-refractivity contribution in [1.29, 1.82) is 0 Å². The number of hydrogen-bond acceptors (Lipinski definition) is 3. The zero-order valence-corrected chi connectivity index (χ0v) is 15.2. The summed E-state index contributed by atoms with van der Waals surface area (Å²) in [4.78, 5) is 14.8. The number of carbonyl (C=O) groups is 1. The summed E-state index contributed by atoms with van der Waals surface area (Å²) in [6, 6.07) is 13.9. The Morgan fingerprint density at radius 1 is 1.15 bits per heavy atom. The Balaban J connectivity index is 1.71. The van der Waals surface area contributed by atoms with Crippen molar-refractivity contribution in [2.24, 2.45) is 0 Å². The summed E-state index contributed by atoms with van der Waals surface area (Å²) < 4.78 is 34.3. The molecule has 1 atom stereocenters. The molecule has 1 amide bonds. The van der Waals surface area contributed by atoms with Crippen molar-refractivity contribution in [1.82, 2.24) is 4.90 Å². The first-order valence-electron chi connectivity index (χ1n) is 9.12. The molecule has 1 saturated heterocycles. The van der Waals surface area contributed by atoms with Gasteiger partial charge in [-0.1, -0.05) is 37.6 Å². The highest BCUT2D eigenvalue weighted by molar-refractivity contribution is 5.95. The molecular formula is C21H23F2NO3. The number of benzene rings is 2. The molecule has 4 nitrogen and oxygen atoms in total. The number of carbonyl (C=O) groups excluding carboxylic acids is 1. The molecule has 3 rings (SSSR count). The summed E-state index contributed by atoms with van der Waals surface area (Å²) in [7, 11) is 0. The third kappa shape index (κ3) is 4.83. The third-order valence-electron chi connectivity index (χ3n) is 4.65. The van der Waals surface area contributed by atoms with Crippen molar-refractivity contribution in [2.45, 2.75) is 32.4 Å².